The summed E-state index contributed by atoms with van der Waals surface area (Å²) in [6.45, 7) is 0. The van der Waals surface area contributed by atoms with Crippen LogP contribution < -0.4 is 16.4 Å². The van der Waals surface area contributed by atoms with E-state index in [1.54, 1.807) is 24.3 Å². The number of benzene rings is 2. The largest absolute Gasteiger partial charge is 0.396 e. The van der Waals surface area contributed by atoms with Crippen molar-refractivity contribution in [1.29, 1.82) is 0 Å². The number of hydrogen-bond donors (Lipinski definition) is 3. The summed E-state index contributed by atoms with van der Waals surface area (Å²) >= 11 is 5.73. The first-order chi connectivity index (χ1) is 9.04. The van der Waals surface area contributed by atoms with Crippen LogP contribution in [0.15, 0.2) is 42.5 Å². The van der Waals surface area contributed by atoms with Gasteiger partial charge in [-0.1, -0.05) is 11.6 Å². The Kier molecular flexibility index (Phi) is 3.87. The molecule has 0 spiro atoms. The predicted octanol–water partition coefficient (Wildman–Crippen LogP) is 3.71. The number of carbonyl (C=O) groups is 1. The van der Waals surface area contributed by atoms with Gasteiger partial charge in [-0.15, -0.1) is 0 Å². The molecular weight excluding hydrogens is 269 g/mol. The third kappa shape index (κ3) is 3.59. The lowest BCUT2D eigenvalue weighted by Crippen LogP contribution is -2.19. The topological polar surface area (TPSA) is 67.1 Å². The minimum atomic E-state index is -0.579. The van der Waals surface area contributed by atoms with Crippen LogP contribution in [0, 0.1) is 5.82 Å². The Hall–Kier alpha value is -2.27. The van der Waals surface area contributed by atoms with Gasteiger partial charge in [-0.25, -0.2) is 9.18 Å². The summed E-state index contributed by atoms with van der Waals surface area (Å²) in [5, 5.41) is 5.66. The number of halogens is 2. The van der Waals surface area contributed by atoms with Crippen molar-refractivity contribution in [1.82, 2.24) is 0 Å². The number of nitrogen functional groups attached to an aromatic ring is 1. The van der Waals surface area contributed by atoms with E-state index in [4.69, 9.17) is 17.3 Å². The van der Waals surface area contributed by atoms with Crippen molar-refractivity contribution >= 4 is 34.7 Å². The number of hydrogen-bond acceptors (Lipinski definition) is 2. The Morgan fingerprint density at radius 3 is 2.26 bits per heavy atom. The quantitative estimate of drug-likeness (QED) is 0.734. The summed E-state index contributed by atoms with van der Waals surface area (Å²) < 4.78 is 13.2. The molecule has 4 nitrogen and oxygen atoms in total. The Labute approximate surface area is 114 Å². The van der Waals surface area contributed by atoms with E-state index in [-0.39, 0.29) is 5.69 Å². The van der Waals surface area contributed by atoms with Crippen LogP contribution in [0.1, 0.15) is 0 Å². The van der Waals surface area contributed by atoms with Gasteiger partial charge in [0.25, 0.3) is 0 Å². The molecular formula is C13H11ClFN3O. The molecule has 2 amide bonds. The predicted molar refractivity (Wildman–Crippen MR) is 74.9 cm³/mol. The summed E-state index contributed by atoms with van der Waals surface area (Å²) in [7, 11) is 0. The van der Waals surface area contributed by atoms with Gasteiger partial charge in [-0.3, -0.25) is 0 Å². The fourth-order valence-corrected chi connectivity index (χ4v) is 1.56. The van der Waals surface area contributed by atoms with Crippen LogP contribution >= 0.6 is 11.6 Å². The normalized spacial score (nSPS) is 10.0. The molecule has 6 heteroatoms. The third-order valence-electron chi connectivity index (χ3n) is 2.36. The van der Waals surface area contributed by atoms with E-state index < -0.39 is 11.8 Å². The van der Waals surface area contributed by atoms with E-state index in [9.17, 15) is 9.18 Å². The van der Waals surface area contributed by atoms with E-state index in [2.05, 4.69) is 10.6 Å². The van der Waals surface area contributed by atoms with Crippen LogP contribution in [0.25, 0.3) is 0 Å². The Morgan fingerprint density at radius 1 is 1.05 bits per heavy atom. The fourth-order valence-electron chi connectivity index (χ4n) is 1.43. The fraction of sp³-hybridized carbons (Fsp3) is 0. The van der Waals surface area contributed by atoms with Gasteiger partial charge in [0.05, 0.1) is 5.69 Å². The molecule has 2 rings (SSSR count). The SMILES string of the molecule is Nc1ccc(NC(=O)Nc2ccc(Cl)cc2)cc1F. The maximum Gasteiger partial charge on any atom is 0.323 e. The molecule has 2 aromatic carbocycles. The maximum atomic E-state index is 13.2. The molecule has 4 N–H and O–H groups in total. The van der Waals surface area contributed by atoms with Gasteiger partial charge in [-0.2, -0.15) is 0 Å². The highest BCUT2D eigenvalue weighted by atomic mass is 35.5. The molecule has 0 aliphatic carbocycles. The third-order valence-corrected chi connectivity index (χ3v) is 2.61. The smallest absolute Gasteiger partial charge is 0.323 e. The monoisotopic (exact) mass is 279 g/mol. The molecule has 0 saturated carbocycles. The van der Waals surface area contributed by atoms with Crippen molar-refractivity contribution in [3.05, 3.63) is 53.3 Å². The number of urea groups is 1. The van der Waals surface area contributed by atoms with Crippen molar-refractivity contribution in [3.8, 4) is 0 Å². The highest BCUT2D eigenvalue weighted by Gasteiger charge is 2.05. The number of carbonyl (C=O) groups excluding carboxylic acids is 1. The van der Waals surface area contributed by atoms with Crippen molar-refractivity contribution < 1.29 is 9.18 Å². The summed E-state index contributed by atoms with van der Waals surface area (Å²) in [4.78, 5) is 11.7. The number of anilines is 3. The maximum absolute atomic E-state index is 13.2. The first-order valence-electron chi connectivity index (χ1n) is 5.43. The summed E-state index contributed by atoms with van der Waals surface area (Å²) in [6, 6.07) is 10.2. The van der Waals surface area contributed by atoms with E-state index in [1.165, 1.54) is 12.1 Å². The lowest BCUT2D eigenvalue weighted by atomic mass is 10.2. The van der Waals surface area contributed by atoms with E-state index >= 15 is 0 Å². The summed E-state index contributed by atoms with van der Waals surface area (Å²) in [6.07, 6.45) is 0. The van der Waals surface area contributed by atoms with Gasteiger partial charge in [0.2, 0.25) is 0 Å². The van der Waals surface area contributed by atoms with Crippen LogP contribution in [0.4, 0.5) is 26.2 Å². The molecule has 0 aromatic heterocycles. The van der Waals surface area contributed by atoms with E-state index in [0.717, 1.165) is 6.07 Å². The minimum Gasteiger partial charge on any atom is -0.396 e. The molecule has 0 unspecified atom stereocenters. The molecule has 0 bridgehead atoms. The zero-order valence-corrected chi connectivity index (χ0v) is 10.5. The van der Waals surface area contributed by atoms with Crippen molar-refractivity contribution in [3.63, 3.8) is 0 Å². The number of nitrogens with one attached hydrogen (secondary N) is 2. The second-order valence-corrected chi connectivity index (χ2v) is 4.26. The highest BCUT2D eigenvalue weighted by Crippen LogP contribution is 2.17. The number of nitrogens with two attached hydrogens (primary N) is 1. The van der Waals surface area contributed by atoms with Gasteiger partial charge in [0.15, 0.2) is 0 Å². The summed E-state index contributed by atoms with van der Waals surface area (Å²) in [5.74, 6) is -0.579. The molecule has 19 heavy (non-hydrogen) atoms. The zero-order valence-electron chi connectivity index (χ0n) is 9.78. The summed E-state index contributed by atoms with van der Waals surface area (Å²) in [5.41, 5.74) is 6.27. The number of amides is 2. The van der Waals surface area contributed by atoms with Gasteiger partial charge in [0, 0.05) is 16.4 Å². The molecule has 0 aliphatic rings. The molecule has 0 fully saturated rings. The first kappa shape index (κ1) is 13.2. The first-order valence-corrected chi connectivity index (χ1v) is 5.81. The molecule has 0 atom stereocenters. The van der Waals surface area contributed by atoms with Crippen LogP contribution in [-0.4, -0.2) is 6.03 Å². The molecule has 0 saturated heterocycles. The molecule has 0 heterocycles. The van der Waals surface area contributed by atoms with Gasteiger partial charge in [0.1, 0.15) is 5.82 Å². The Morgan fingerprint density at radius 2 is 1.63 bits per heavy atom. The van der Waals surface area contributed by atoms with Crippen molar-refractivity contribution in [2.75, 3.05) is 16.4 Å². The lowest BCUT2D eigenvalue weighted by molar-refractivity contribution is 0.262. The standard InChI is InChI=1S/C13H11ClFN3O/c14-8-1-3-9(4-2-8)17-13(19)18-10-5-6-12(16)11(15)7-10/h1-7H,16H2,(H2,17,18,19). The van der Waals surface area contributed by atoms with Crippen LogP contribution in [0.3, 0.4) is 0 Å². The second-order valence-electron chi connectivity index (χ2n) is 3.82. The number of rotatable bonds is 2. The molecule has 2 aromatic rings. The van der Waals surface area contributed by atoms with E-state index in [1.807, 2.05) is 0 Å². The Bertz CT molecular complexity index is 601. The minimum absolute atomic E-state index is 0.0312. The van der Waals surface area contributed by atoms with Crippen LogP contribution in [0.2, 0.25) is 5.02 Å². The van der Waals surface area contributed by atoms with Crippen molar-refractivity contribution in [2.24, 2.45) is 0 Å². The zero-order chi connectivity index (χ0) is 13.8. The van der Waals surface area contributed by atoms with Crippen molar-refractivity contribution in [2.45, 2.75) is 0 Å². The lowest BCUT2D eigenvalue weighted by Gasteiger charge is -2.08. The molecule has 0 radical (unpaired) electrons. The average molecular weight is 280 g/mol. The Balaban J connectivity index is 2.01. The molecule has 98 valence electrons. The van der Waals surface area contributed by atoms with Gasteiger partial charge >= 0.3 is 6.03 Å². The average Bonchev–Trinajstić information content (AvgIpc) is 2.37. The van der Waals surface area contributed by atoms with E-state index in [0.29, 0.717) is 16.4 Å². The van der Waals surface area contributed by atoms with Gasteiger partial charge in [-0.05, 0) is 42.5 Å². The second kappa shape index (κ2) is 5.58. The van der Waals surface area contributed by atoms with Crippen LogP contribution in [-0.2, 0) is 0 Å². The highest BCUT2D eigenvalue weighted by molar-refractivity contribution is 6.30. The molecule has 0 aliphatic heterocycles. The van der Waals surface area contributed by atoms with Crippen LogP contribution in [0.5, 0.6) is 0 Å². The van der Waals surface area contributed by atoms with Gasteiger partial charge < -0.3 is 16.4 Å².